The molecule has 2 rings (SSSR count). The Morgan fingerprint density at radius 2 is 1.76 bits per heavy atom. The van der Waals surface area contributed by atoms with Crippen molar-refractivity contribution in [2.24, 2.45) is 0 Å². The number of anilines is 1. The molecule has 33 heavy (non-hydrogen) atoms. The third kappa shape index (κ3) is 7.57. The van der Waals surface area contributed by atoms with Crippen LogP contribution in [0.5, 0.6) is 0 Å². The summed E-state index contributed by atoms with van der Waals surface area (Å²) in [5.74, 6) is -0.741. The summed E-state index contributed by atoms with van der Waals surface area (Å²) < 4.78 is 26.9. The Labute approximate surface area is 205 Å². The van der Waals surface area contributed by atoms with Crippen LogP contribution in [0, 0.1) is 6.92 Å². The summed E-state index contributed by atoms with van der Waals surface area (Å²) >= 11 is 3.35. The smallest absolute Gasteiger partial charge is 0.244 e. The van der Waals surface area contributed by atoms with Crippen LogP contribution >= 0.6 is 15.9 Å². The van der Waals surface area contributed by atoms with Crippen molar-refractivity contribution in [1.82, 2.24) is 10.2 Å². The van der Waals surface area contributed by atoms with Crippen LogP contribution in [0.3, 0.4) is 0 Å². The molecule has 0 aliphatic rings. The fraction of sp³-hybridized carbons (Fsp3) is 0.417. The minimum atomic E-state index is -3.75. The SMILES string of the molecule is CC[C@H](C)NC(=O)[C@@H](C)N(Cc1ccccc1C)C(=O)CN(c1cccc(Br)c1)S(C)(=O)=O. The van der Waals surface area contributed by atoms with E-state index in [1.165, 1.54) is 4.90 Å². The van der Waals surface area contributed by atoms with Gasteiger partial charge in [-0.1, -0.05) is 53.2 Å². The van der Waals surface area contributed by atoms with E-state index < -0.39 is 28.5 Å². The van der Waals surface area contributed by atoms with Crippen LogP contribution in [0.1, 0.15) is 38.3 Å². The summed E-state index contributed by atoms with van der Waals surface area (Å²) in [5, 5.41) is 2.92. The highest BCUT2D eigenvalue weighted by atomic mass is 79.9. The lowest BCUT2D eigenvalue weighted by atomic mass is 10.1. The number of hydrogen-bond acceptors (Lipinski definition) is 4. The van der Waals surface area contributed by atoms with Crippen molar-refractivity contribution in [3.05, 3.63) is 64.1 Å². The van der Waals surface area contributed by atoms with Gasteiger partial charge in [-0.3, -0.25) is 13.9 Å². The molecule has 0 unspecified atom stereocenters. The quantitative estimate of drug-likeness (QED) is 0.498. The largest absolute Gasteiger partial charge is 0.352 e. The van der Waals surface area contributed by atoms with Gasteiger partial charge in [0.1, 0.15) is 12.6 Å². The van der Waals surface area contributed by atoms with E-state index >= 15 is 0 Å². The second-order valence-electron chi connectivity index (χ2n) is 8.19. The molecule has 9 heteroatoms. The first-order valence-corrected chi connectivity index (χ1v) is 13.5. The second kappa shape index (κ2) is 11.7. The summed E-state index contributed by atoms with van der Waals surface area (Å²) in [7, 11) is -3.75. The Balaban J connectivity index is 2.40. The van der Waals surface area contributed by atoms with Crippen LogP contribution < -0.4 is 9.62 Å². The Bertz CT molecular complexity index is 1090. The molecule has 0 radical (unpaired) electrons. The highest BCUT2D eigenvalue weighted by Gasteiger charge is 2.30. The molecular weight excluding hydrogens is 506 g/mol. The Hall–Kier alpha value is -2.39. The average molecular weight is 539 g/mol. The Morgan fingerprint density at radius 3 is 2.33 bits per heavy atom. The molecule has 180 valence electrons. The minimum absolute atomic E-state index is 0.0375. The van der Waals surface area contributed by atoms with Crippen LogP contribution in [0.25, 0.3) is 0 Å². The Morgan fingerprint density at radius 1 is 1.09 bits per heavy atom. The number of rotatable bonds is 10. The van der Waals surface area contributed by atoms with Gasteiger partial charge in [-0.15, -0.1) is 0 Å². The third-order valence-corrected chi connectivity index (χ3v) is 7.18. The van der Waals surface area contributed by atoms with Crippen LogP contribution in [0.4, 0.5) is 5.69 Å². The van der Waals surface area contributed by atoms with Crippen molar-refractivity contribution < 1.29 is 18.0 Å². The third-order valence-electron chi connectivity index (χ3n) is 5.55. The fourth-order valence-corrected chi connectivity index (χ4v) is 4.49. The molecule has 0 heterocycles. The normalized spacial score (nSPS) is 13.2. The van der Waals surface area contributed by atoms with E-state index in [1.54, 1.807) is 31.2 Å². The maximum atomic E-state index is 13.5. The van der Waals surface area contributed by atoms with Gasteiger partial charge < -0.3 is 10.2 Å². The van der Waals surface area contributed by atoms with Gasteiger partial charge >= 0.3 is 0 Å². The summed E-state index contributed by atoms with van der Waals surface area (Å²) in [6, 6.07) is 13.5. The minimum Gasteiger partial charge on any atom is -0.352 e. The van der Waals surface area contributed by atoms with E-state index in [0.29, 0.717) is 10.2 Å². The standard InChI is InChI=1S/C24H32BrN3O4S/c1-6-18(3)26-24(30)19(4)27(15-20-11-8-7-10-17(20)2)23(29)16-28(33(5,31)32)22-13-9-12-21(25)14-22/h7-14,18-19H,6,15-16H2,1-5H3,(H,26,30)/t18-,19+/m0/s1. The van der Waals surface area contributed by atoms with E-state index in [1.807, 2.05) is 45.0 Å². The van der Waals surface area contributed by atoms with Crippen molar-refractivity contribution in [1.29, 1.82) is 0 Å². The molecule has 2 atom stereocenters. The highest BCUT2D eigenvalue weighted by Crippen LogP contribution is 2.23. The number of hydrogen-bond donors (Lipinski definition) is 1. The Kier molecular flexibility index (Phi) is 9.48. The molecule has 0 saturated heterocycles. The molecule has 2 amide bonds. The van der Waals surface area contributed by atoms with Crippen molar-refractivity contribution in [3.63, 3.8) is 0 Å². The van der Waals surface area contributed by atoms with Crippen LogP contribution in [-0.2, 0) is 26.2 Å². The van der Waals surface area contributed by atoms with E-state index in [9.17, 15) is 18.0 Å². The zero-order chi connectivity index (χ0) is 24.8. The lowest BCUT2D eigenvalue weighted by molar-refractivity contribution is -0.139. The first-order valence-electron chi connectivity index (χ1n) is 10.8. The van der Waals surface area contributed by atoms with E-state index in [4.69, 9.17) is 0 Å². The van der Waals surface area contributed by atoms with Crippen LogP contribution in [0.15, 0.2) is 53.0 Å². The zero-order valence-corrected chi connectivity index (χ0v) is 22.1. The van der Waals surface area contributed by atoms with Crippen molar-refractivity contribution in [3.8, 4) is 0 Å². The lowest BCUT2D eigenvalue weighted by Gasteiger charge is -2.32. The van der Waals surface area contributed by atoms with Gasteiger partial charge in [-0.2, -0.15) is 0 Å². The van der Waals surface area contributed by atoms with Gasteiger partial charge in [0.05, 0.1) is 11.9 Å². The van der Waals surface area contributed by atoms with Gasteiger partial charge in [-0.25, -0.2) is 8.42 Å². The average Bonchev–Trinajstić information content (AvgIpc) is 2.75. The summed E-state index contributed by atoms with van der Waals surface area (Å²) in [5.41, 5.74) is 2.24. The van der Waals surface area contributed by atoms with E-state index in [2.05, 4.69) is 21.2 Å². The number of amides is 2. The molecule has 2 aromatic rings. The first kappa shape index (κ1) is 26.9. The molecule has 1 N–H and O–H groups in total. The zero-order valence-electron chi connectivity index (χ0n) is 19.7. The summed E-state index contributed by atoms with van der Waals surface area (Å²) in [4.78, 5) is 27.8. The van der Waals surface area contributed by atoms with Crippen molar-refractivity contribution in [2.45, 2.75) is 52.7 Å². The highest BCUT2D eigenvalue weighted by molar-refractivity contribution is 9.10. The van der Waals surface area contributed by atoms with E-state index in [-0.39, 0.29) is 18.5 Å². The molecule has 0 aliphatic carbocycles. The molecule has 0 spiro atoms. The number of halogens is 1. The van der Waals surface area contributed by atoms with Gasteiger partial charge in [0.2, 0.25) is 21.8 Å². The monoisotopic (exact) mass is 537 g/mol. The number of aryl methyl sites for hydroxylation is 1. The van der Waals surface area contributed by atoms with Crippen molar-refractivity contribution >= 4 is 43.5 Å². The number of nitrogens with zero attached hydrogens (tertiary/aromatic N) is 2. The lowest BCUT2D eigenvalue weighted by Crippen LogP contribution is -2.52. The molecule has 2 aromatic carbocycles. The number of carbonyl (C=O) groups excluding carboxylic acids is 2. The van der Waals surface area contributed by atoms with Crippen molar-refractivity contribution in [2.75, 3.05) is 17.1 Å². The number of benzene rings is 2. The molecule has 0 fully saturated rings. The maximum Gasteiger partial charge on any atom is 0.244 e. The van der Waals surface area contributed by atoms with Gasteiger partial charge in [0.25, 0.3) is 0 Å². The molecular formula is C24H32BrN3O4S. The molecule has 7 nitrogen and oxygen atoms in total. The molecule has 0 aliphatic heterocycles. The first-order chi connectivity index (χ1) is 15.4. The van der Waals surface area contributed by atoms with Crippen LogP contribution in [-0.4, -0.2) is 50.0 Å². The maximum absolute atomic E-state index is 13.5. The topological polar surface area (TPSA) is 86.8 Å². The van der Waals surface area contributed by atoms with Gasteiger partial charge in [0.15, 0.2) is 0 Å². The molecule has 0 saturated carbocycles. The predicted octanol–water partition coefficient (Wildman–Crippen LogP) is 3.86. The fourth-order valence-electron chi connectivity index (χ4n) is 3.26. The van der Waals surface area contributed by atoms with Gasteiger partial charge in [0, 0.05) is 17.1 Å². The summed E-state index contributed by atoms with van der Waals surface area (Å²) in [6.07, 6.45) is 1.82. The van der Waals surface area contributed by atoms with Gasteiger partial charge in [-0.05, 0) is 56.5 Å². The number of nitrogens with one attached hydrogen (secondary N) is 1. The molecule has 0 bridgehead atoms. The number of carbonyl (C=O) groups is 2. The van der Waals surface area contributed by atoms with E-state index in [0.717, 1.165) is 28.1 Å². The molecule has 0 aromatic heterocycles. The van der Waals surface area contributed by atoms with Crippen LogP contribution in [0.2, 0.25) is 0 Å². The predicted molar refractivity (Wildman–Crippen MR) is 135 cm³/mol. The summed E-state index contributed by atoms with van der Waals surface area (Å²) in [6.45, 7) is 7.24. The second-order valence-corrected chi connectivity index (χ2v) is 11.0. The number of sulfonamides is 1.